The first-order valence-electron chi connectivity index (χ1n) is 10.8. The Bertz CT molecular complexity index is 724. The summed E-state index contributed by atoms with van der Waals surface area (Å²) in [5.74, 6) is -0.294. The molecule has 1 fully saturated rings. The second-order valence-corrected chi connectivity index (χ2v) is 7.73. The lowest BCUT2D eigenvalue weighted by molar-refractivity contribution is -0.128. The molecule has 9 heteroatoms. The highest BCUT2D eigenvalue weighted by atomic mass is 16.5. The van der Waals surface area contributed by atoms with E-state index in [0.29, 0.717) is 12.2 Å². The molecule has 0 aromatic carbocycles. The molecular formula is C22H32N4O5. The molecular weight excluding hydrogens is 400 g/mol. The van der Waals surface area contributed by atoms with E-state index in [9.17, 15) is 14.7 Å². The van der Waals surface area contributed by atoms with Crippen LogP contribution in [-0.2, 0) is 25.5 Å². The van der Waals surface area contributed by atoms with Gasteiger partial charge in [-0.25, -0.2) is 0 Å². The van der Waals surface area contributed by atoms with Gasteiger partial charge in [0.25, 0.3) is 0 Å². The molecule has 0 aliphatic carbocycles. The van der Waals surface area contributed by atoms with E-state index in [2.05, 4.69) is 20.5 Å². The Morgan fingerprint density at radius 3 is 2.77 bits per heavy atom. The van der Waals surface area contributed by atoms with Gasteiger partial charge in [0.15, 0.2) is 0 Å². The van der Waals surface area contributed by atoms with E-state index < -0.39 is 18.2 Å². The normalized spacial score (nSPS) is 24.0. The van der Waals surface area contributed by atoms with E-state index in [1.54, 1.807) is 30.5 Å². The first kappa shape index (κ1) is 23.3. The molecule has 0 spiro atoms. The van der Waals surface area contributed by atoms with Crippen molar-refractivity contribution in [2.75, 3.05) is 46.0 Å². The minimum atomic E-state index is -0.600. The molecule has 0 radical (unpaired) electrons. The quantitative estimate of drug-likeness (QED) is 0.342. The highest BCUT2D eigenvalue weighted by Gasteiger charge is 2.29. The van der Waals surface area contributed by atoms with Gasteiger partial charge in [-0.2, -0.15) is 0 Å². The average molecular weight is 433 g/mol. The van der Waals surface area contributed by atoms with Gasteiger partial charge in [-0.3, -0.25) is 19.5 Å². The predicted molar refractivity (Wildman–Crippen MR) is 114 cm³/mol. The van der Waals surface area contributed by atoms with Crippen LogP contribution in [0.1, 0.15) is 18.5 Å². The second kappa shape index (κ2) is 12.5. The summed E-state index contributed by atoms with van der Waals surface area (Å²) in [4.78, 5) is 31.0. The van der Waals surface area contributed by atoms with Gasteiger partial charge in [-0.1, -0.05) is 18.2 Å². The van der Waals surface area contributed by atoms with Gasteiger partial charge in [0, 0.05) is 31.5 Å². The molecule has 1 saturated heterocycles. The minimum absolute atomic E-state index is 0.0917. The number of carbonyl (C=O) groups excluding carboxylic acids is 2. The fraction of sp³-hybridized carbons (Fsp3) is 0.591. The van der Waals surface area contributed by atoms with Crippen LogP contribution in [0, 0.1) is 0 Å². The number of morpholine rings is 1. The molecule has 9 nitrogen and oxygen atoms in total. The third kappa shape index (κ3) is 8.02. The maximum Gasteiger partial charge on any atom is 0.226 e. The van der Waals surface area contributed by atoms with E-state index in [4.69, 9.17) is 9.47 Å². The first-order valence-corrected chi connectivity index (χ1v) is 10.8. The maximum atomic E-state index is 12.3. The molecule has 1 aromatic heterocycles. The van der Waals surface area contributed by atoms with Crippen molar-refractivity contribution in [1.29, 1.82) is 0 Å². The van der Waals surface area contributed by atoms with Crippen LogP contribution >= 0.6 is 0 Å². The molecule has 3 rings (SSSR count). The number of carbonyl (C=O) groups is 2. The number of aliphatic hydroxyl groups is 1. The lowest BCUT2D eigenvalue weighted by Gasteiger charge is -2.31. The molecule has 170 valence electrons. The smallest absolute Gasteiger partial charge is 0.226 e. The van der Waals surface area contributed by atoms with Crippen molar-refractivity contribution >= 4 is 11.8 Å². The number of amides is 2. The highest BCUT2D eigenvalue weighted by molar-refractivity contribution is 5.79. The Morgan fingerprint density at radius 1 is 1.19 bits per heavy atom. The fourth-order valence-electron chi connectivity index (χ4n) is 3.65. The molecule has 0 saturated carbocycles. The summed E-state index contributed by atoms with van der Waals surface area (Å²) in [5, 5.41) is 15.5. The number of hydrogen-bond acceptors (Lipinski definition) is 7. The standard InChI is InChI=1S/C22H32N4O5/c27-16-20-19(25-22(29)14-17-4-1-2-7-23-17)6-5-18(31-20)15-21(28)24-8-3-9-26-10-12-30-13-11-26/h1-2,4-7,18-20,27H,3,8-16H2,(H,24,28)(H,25,29)/t18-,19+,20-/m0/s1. The molecule has 3 N–H and O–H groups in total. The predicted octanol–water partition coefficient (Wildman–Crippen LogP) is -0.347. The topological polar surface area (TPSA) is 113 Å². The molecule has 1 aromatic rings. The summed E-state index contributed by atoms with van der Waals surface area (Å²) in [7, 11) is 0. The van der Waals surface area contributed by atoms with Crippen LogP contribution in [0.5, 0.6) is 0 Å². The Morgan fingerprint density at radius 2 is 2.03 bits per heavy atom. The van der Waals surface area contributed by atoms with E-state index in [1.165, 1.54) is 0 Å². The van der Waals surface area contributed by atoms with Crippen molar-refractivity contribution in [1.82, 2.24) is 20.5 Å². The summed E-state index contributed by atoms with van der Waals surface area (Å²) >= 11 is 0. The molecule has 3 atom stereocenters. The number of aromatic nitrogens is 1. The van der Waals surface area contributed by atoms with Crippen molar-refractivity contribution in [3.63, 3.8) is 0 Å². The van der Waals surface area contributed by atoms with Crippen LogP contribution in [0.4, 0.5) is 0 Å². The Balaban J connectivity index is 1.37. The molecule has 2 aliphatic rings. The van der Waals surface area contributed by atoms with E-state index in [1.807, 2.05) is 6.07 Å². The Hall–Kier alpha value is -2.33. The zero-order chi connectivity index (χ0) is 21.9. The SMILES string of the molecule is O=C(C[C@@H]1C=C[C@@H](NC(=O)Cc2ccccn2)[C@H](CO)O1)NCCCN1CCOCC1. The number of ether oxygens (including phenoxy) is 2. The molecule has 3 heterocycles. The lowest BCUT2D eigenvalue weighted by Crippen LogP contribution is -2.49. The molecule has 31 heavy (non-hydrogen) atoms. The van der Waals surface area contributed by atoms with Crippen molar-refractivity contribution in [2.45, 2.75) is 37.5 Å². The molecule has 2 aliphatic heterocycles. The summed E-state index contributed by atoms with van der Waals surface area (Å²) in [6.45, 7) is 4.73. The monoisotopic (exact) mass is 432 g/mol. The van der Waals surface area contributed by atoms with Gasteiger partial charge in [0.2, 0.25) is 11.8 Å². The van der Waals surface area contributed by atoms with Crippen LogP contribution in [0.3, 0.4) is 0 Å². The lowest BCUT2D eigenvalue weighted by atomic mass is 10.0. The van der Waals surface area contributed by atoms with Crippen LogP contribution < -0.4 is 10.6 Å². The van der Waals surface area contributed by atoms with Crippen molar-refractivity contribution in [2.24, 2.45) is 0 Å². The maximum absolute atomic E-state index is 12.3. The Labute approximate surface area is 182 Å². The largest absolute Gasteiger partial charge is 0.394 e. The molecule has 0 unspecified atom stereocenters. The number of nitrogens with zero attached hydrogens (tertiary/aromatic N) is 2. The first-order chi connectivity index (χ1) is 15.1. The van der Waals surface area contributed by atoms with Crippen LogP contribution in [0.2, 0.25) is 0 Å². The van der Waals surface area contributed by atoms with Gasteiger partial charge in [0.1, 0.15) is 6.10 Å². The van der Waals surface area contributed by atoms with Gasteiger partial charge in [-0.15, -0.1) is 0 Å². The van der Waals surface area contributed by atoms with Crippen LogP contribution in [0.25, 0.3) is 0 Å². The summed E-state index contributed by atoms with van der Waals surface area (Å²) < 4.78 is 11.1. The van der Waals surface area contributed by atoms with Gasteiger partial charge < -0.3 is 25.2 Å². The zero-order valence-electron chi connectivity index (χ0n) is 17.7. The van der Waals surface area contributed by atoms with Crippen molar-refractivity contribution < 1.29 is 24.2 Å². The van der Waals surface area contributed by atoms with Gasteiger partial charge in [0.05, 0.1) is 44.8 Å². The summed E-state index contributed by atoms with van der Waals surface area (Å²) in [5.41, 5.74) is 0.671. The second-order valence-electron chi connectivity index (χ2n) is 7.73. The van der Waals surface area contributed by atoms with E-state index in [0.717, 1.165) is 39.3 Å². The summed E-state index contributed by atoms with van der Waals surface area (Å²) in [6, 6.07) is 4.95. The fourth-order valence-corrected chi connectivity index (χ4v) is 3.65. The third-order valence-corrected chi connectivity index (χ3v) is 5.32. The van der Waals surface area contributed by atoms with E-state index in [-0.39, 0.29) is 31.3 Å². The van der Waals surface area contributed by atoms with Crippen molar-refractivity contribution in [3.8, 4) is 0 Å². The number of hydrogen-bond donors (Lipinski definition) is 3. The van der Waals surface area contributed by atoms with Crippen LogP contribution in [0.15, 0.2) is 36.5 Å². The zero-order valence-corrected chi connectivity index (χ0v) is 17.7. The number of rotatable bonds is 10. The van der Waals surface area contributed by atoms with Crippen molar-refractivity contribution in [3.05, 3.63) is 42.2 Å². The number of nitrogens with one attached hydrogen (secondary N) is 2. The molecule has 2 amide bonds. The summed E-state index contributed by atoms with van der Waals surface area (Å²) in [6.07, 6.45) is 5.39. The highest BCUT2D eigenvalue weighted by Crippen LogP contribution is 2.16. The average Bonchev–Trinajstić information content (AvgIpc) is 2.79. The number of pyridine rings is 1. The van der Waals surface area contributed by atoms with Gasteiger partial charge >= 0.3 is 0 Å². The third-order valence-electron chi connectivity index (χ3n) is 5.32. The molecule has 0 bridgehead atoms. The Kier molecular flexibility index (Phi) is 9.41. The van der Waals surface area contributed by atoms with E-state index >= 15 is 0 Å². The van der Waals surface area contributed by atoms with Crippen LogP contribution in [-0.4, -0.2) is 91.1 Å². The van der Waals surface area contributed by atoms with Gasteiger partial charge in [-0.05, 0) is 25.1 Å². The minimum Gasteiger partial charge on any atom is -0.394 e. The number of aliphatic hydroxyl groups excluding tert-OH is 1.